The first kappa shape index (κ1) is 27.1. The molecular formula is C25H28N8O6S. The third-order valence-corrected chi connectivity index (χ3v) is 7.96. The van der Waals surface area contributed by atoms with Crippen molar-refractivity contribution in [1.82, 2.24) is 35.3 Å². The highest BCUT2D eigenvalue weighted by atomic mass is 32.2. The number of anilines is 1. The van der Waals surface area contributed by atoms with Crippen molar-refractivity contribution in [3.63, 3.8) is 0 Å². The number of nitrogens with one attached hydrogen (secondary N) is 3. The first-order valence-electron chi connectivity index (χ1n) is 12.5. The molecule has 1 aromatic carbocycles. The summed E-state index contributed by atoms with van der Waals surface area (Å²) >= 11 is 0. The van der Waals surface area contributed by atoms with Crippen LogP contribution in [0.3, 0.4) is 0 Å². The number of sulfonamides is 1. The smallest absolute Gasteiger partial charge is 0.322 e. The van der Waals surface area contributed by atoms with Gasteiger partial charge >= 0.3 is 6.03 Å². The minimum atomic E-state index is -4.03. The second-order valence-electron chi connectivity index (χ2n) is 9.72. The van der Waals surface area contributed by atoms with Crippen LogP contribution in [0, 0.1) is 13.8 Å². The number of ether oxygens (including phenoxy) is 1. The van der Waals surface area contributed by atoms with Crippen molar-refractivity contribution >= 4 is 33.8 Å². The number of benzene rings is 1. The Morgan fingerprint density at radius 1 is 1.20 bits per heavy atom. The van der Waals surface area contributed by atoms with Crippen LogP contribution < -0.4 is 20.1 Å². The lowest BCUT2D eigenvalue weighted by molar-refractivity contribution is -0.133. The van der Waals surface area contributed by atoms with Crippen LogP contribution in [0.4, 0.5) is 10.7 Å². The van der Waals surface area contributed by atoms with Crippen LogP contribution in [0.15, 0.2) is 41.6 Å². The molecular weight excluding hydrogens is 540 g/mol. The van der Waals surface area contributed by atoms with Gasteiger partial charge in [0.1, 0.15) is 17.0 Å². The Kier molecular flexibility index (Phi) is 7.14. The van der Waals surface area contributed by atoms with E-state index in [2.05, 4.69) is 30.4 Å². The zero-order valence-electron chi connectivity index (χ0n) is 22.0. The highest BCUT2D eigenvalue weighted by Gasteiger charge is 2.35. The van der Waals surface area contributed by atoms with E-state index in [1.165, 1.54) is 17.1 Å². The maximum atomic E-state index is 13.0. The van der Waals surface area contributed by atoms with E-state index in [0.29, 0.717) is 18.7 Å². The Bertz CT molecular complexity index is 1580. The number of likely N-dealkylation sites (tertiary alicyclic amines) is 1. The van der Waals surface area contributed by atoms with Crippen LogP contribution in [-0.4, -0.2) is 76.1 Å². The van der Waals surface area contributed by atoms with Crippen LogP contribution in [-0.2, 0) is 26.7 Å². The zero-order valence-corrected chi connectivity index (χ0v) is 22.9. The minimum Gasteiger partial charge on any atom is -0.472 e. The first-order chi connectivity index (χ1) is 19.0. The quantitative estimate of drug-likeness (QED) is 0.333. The van der Waals surface area contributed by atoms with Crippen molar-refractivity contribution in [2.75, 3.05) is 17.8 Å². The minimum absolute atomic E-state index is 0.0457. The second kappa shape index (κ2) is 10.6. The molecule has 14 nitrogen and oxygen atoms in total. The van der Waals surface area contributed by atoms with Crippen molar-refractivity contribution in [2.24, 2.45) is 7.05 Å². The van der Waals surface area contributed by atoms with Crippen molar-refractivity contribution in [2.45, 2.75) is 43.7 Å². The molecule has 0 aliphatic carbocycles. The molecule has 2 fully saturated rings. The Hall–Kier alpha value is -4.53. The number of carbonyl (C=O) groups is 3. The average molecular weight is 569 g/mol. The number of aryl methyl sites for hydroxylation is 3. The molecule has 3 N–H and O–H groups in total. The van der Waals surface area contributed by atoms with E-state index in [1.807, 2.05) is 32.0 Å². The molecule has 4 amide bonds. The van der Waals surface area contributed by atoms with Crippen LogP contribution in [0.1, 0.15) is 24.0 Å². The van der Waals surface area contributed by atoms with Crippen molar-refractivity contribution in [3.05, 3.63) is 47.8 Å². The molecule has 5 rings (SSSR count). The number of urea groups is 1. The standard InChI is InChI=1S/C25H28N8O6S/c1-14-5-4-6-15(2)22(14)18-9-20(29-24(27-18)31-40(37,38)17-11-26-32(3)13-17)39-16-7-8-33(12-16)21(34)10-19-23(35)30-25(36)28-19/h4-6,9,11,13,16,19H,7-8,10,12H2,1-3H3,(H,27,29,31)(H2,28,30,35,36). The third-order valence-electron chi connectivity index (χ3n) is 6.68. The van der Waals surface area contributed by atoms with E-state index < -0.39 is 34.1 Å². The van der Waals surface area contributed by atoms with E-state index in [9.17, 15) is 22.8 Å². The van der Waals surface area contributed by atoms with Gasteiger partial charge in [0.2, 0.25) is 17.7 Å². The highest BCUT2D eigenvalue weighted by molar-refractivity contribution is 7.92. The van der Waals surface area contributed by atoms with Crippen molar-refractivity contribution in [1.29, 1.82) is 0 Å². The Labute approximate surface area is 230 Å². The number of hydrogen-bond acceptors (Lipinski definition) is 9. The third kappa shape index (κ3) is 5.73. The highest BCUT2D eigenvalue weighted by Crippen LogP contribution is 2.30. The van der Waals surface area contributed by atoms with Gasteiger partial charge in [-0.25, -0.2) is 22.9 Å². The van der Waals surface area contributed by atoms with Gasteiger partial charge < -0.3 is 15.0 Å². The van der Waals surface area contributed by atoms with Crippen molar-refractivity contribution in [3.8, 4) is 17.1 Å². The summed E-state index contributed by atoms with van der Waals surface area (Å²) in [5.74, 6) is -0.866. The van der Waals surface area contributed by atoms with Crippen molar-refractivity contribution < 1.29 is 27.5 Å². The fraction of sp³-hybridized carbons (Fsp3) is 0.360. The van der Waals surface area contributed by atoms with Crippen LogP contribution >= 0.6 is 0 Å². The summed E-state index contributed by atoms with van der Waals surface area (Å²) in [6.07, 6.45) is 2.49. The fourth-order valence-electron chi connectivity index (χ4n) is 4.72. The predicted octanol–water partition coefficient (Wildman–Crippen LogP) is 0.873. The summed E-state index contributed by atoms with van der Waals surface area (Å²) in [6.45, 7) is 4.48. The molecule has 0 radical (unpaired) electrons. The number of amides is 4. The summed E-state index contributed by atoms with van der Waals surface area (Å²) in [6, 6.07) is 5.89. The monoisotopic (exact) mass is 568 g/mol. The van der Waals surface area contributed by atoms with Gasteiger partial charge in [-0.05, 0) is 25.0 Å². The molecule has 40 heavy (non-hydrogen) atoms. The average Bonchev–Trinajstić information content (AvgIpc) is 3.59. The molecule has 2 atom stereocenters. The summed E-state index contributed by atoms with van der Waals surface area (Å²) in [5.41, 5.74) is 3.16. The lowest BCUT2D eigenvalue weighted by Crippen LogP contribution is -2.38. The Balaban J connectivity index is 1.37. The number of nitrogens with zero attached hydrogens (tertiary/aromatic N) is 5. The topological polar surface area (TPSA) is 178 Å². The molecule has 2 saturated heterocycles. The second-order valence-corrected chi connectivity index (χ2v) is 11.4. The van der Waals surface area contributed by atoms with E-state index in [1.54, 1.807) is 18.0 Å². The number of carbonyl (C=O) groups excluding carboxylic acids is 3. The van der Waals surface area contributed by atoms with Gasteiger partial charge in [-0.2, -0.15) is 10.1 Å². The maximum absolute atomic E-state index is 13.0. The molecule has 15 heteroatoms. The summed E-state index contributed by atoms with van der Waals surface area (Å²) in [7, 11) is -2.42. The van der Waals surface area contributed by atoms with Gasteiger partial charge in [-0.1, -0.05) is 18.2 Å². The Morgan fingerprint density at radius 2 is 1.95 bits per heavy atom. The number of hydrogen-bond donors (Lipinski definition) is 3. The van der Waals surface area contributed by atoms with Gasteiger partial charge in [-0.15, -0.1) is 0 Å². The molecule has 0 spiro atoms. The van der Waals surface area contributed by atoms with Crippen LogP contribution in [0.2, 0.25) is 0 Å². The lowest BCUT2D eigenvalue weighted by Gasteiger charge is -2.19. The molecule has 2 aliphatic heterocycles. The fourth-order valence-corrected chi connectivity index (χ4v) is 5.65. The summed E-state index contributed by atoms with van der Waals surface area (Å²) in [4.78, 5) is 46.2. The van der Waals surface area contributed by atoms with E-state index in [4.69, 9.17) is 4.74 Å². The first-order valence-corrected chi connectivity index (χ1v) is 14.0. The maximum Gasteiger partial charge on any atom is 0.322 e. The summed E-state index contributed by atoms with van der Waals surface area (Å²) < 4.78 is 35.9. The molecule has 3 aromatic rings. The number of aromatic nitrogens is 4. The van der Waals surface area contributed by atoms with Gasteiger partial charge in [0, 0.05) is 37.8 Å². The zero-order chi connectivity index (χ0) is 28.6. The van der Waals surface area contributed by atoms with Gasteiger partial charge in [-0.3, -0.25) is 19.6 Å². The van der Waals surface area contributed by atoms with Crippen LogP contribution in [0.5, 0.6) is 5.88 Å². The molecule has 4 heterocycles. The van der Waals surface area contributed by atoms with Gasteiger partial charge in [0.05, 0.1) is 24.9 Å². The molecule has 2 unspecified atom stereocenters. The van der Waals surface area contributed by atoms with Crippen LogP contribution in [0.25, 0.3) is 11.3 Å². The predicted molar refractivity (Wildman–Crippen MR) is 142 cm³/mol. The molecule has 210 valence electrons. The largest absolute Gasteiger partial charge is 0.472 e. The Morgan fingerprint density at radius 3 is 2.60 bits per heavy atom. The molecule has 0 saturated carbocycles. The van der Waals surface area contributed by atoms with Gasteiger partial charge in [0.15, 0.2) is 0 Å². The van der Waals surface area contributed by atoms with E-state index >= 15 is 0 Å². The van der Waals surface area contributed by atoms with E-state index in [0.717, 1.165) is 16.7 Å². The molecule has 2 aliphatic rings. The molecule has 0 bridgehead atoms. The number of imide groups is 1. The molecule has 2 aromatic heterocycles. The van der Waals surface area contributed by atoms with Gasteiger partial charge in [0.25, 0.3) is 15.9 Å². The number of rotatable bonds is 8. The normalized spacial score (nSPS) is 18.9. The summed E-state index contributed by atoms with van der Waals surface area (Å²) in [5, 5.41) is 8.45. The lowest BCUT2D eigenvalue weighted by atomic mass is 10.00. The van der Waals surface area contributed by atoms with E-state index in [-0.39, 0.29) is 35.6 Å². The SMILES string of the molecule is Cc1cccc(C)c1-c1cc(OC2CCN(C(=O)CC3NC(=O)NC3=O)C2)nc(NS(=O)(=O)c2cnn(C)c2)n1.